The number of hydrogen-bond donors (Lipinski definition) is 3. The number of tetrazole rings is 1. The minimum atomic E-state index is -1.37. The number of esters is 1. The molecule has 250 valence electrons. The van der Waals surface area contributed by atoms with Crippen molar-refractivity contribution in [1.82, 2.24) is 30.4 Å². The van der Waals surface area contributed by atoms with E-state index in [9.17, 15) is 24.6 Å². The first kappa shape index (κ1) is 33.0. The minimum absolute atomic E-state index is 0.0703. The Hall–Kier alpha value is -5.88. The number of phenols is 2. The topological polar surface area (TPSA) is 160 Å². The van der Waals surface area contributed by atoms with Crippen molar-refractivity contribution in [1.29, 1.82) is 0 Å². The standard InChI is InChI=1S/C37H36N6O6/c1-3-7-33(46)43-34(39-40-41-43)32-9-5-4-8-31(32)26-12-10-24(11-13-26)23-38-37(36(48)49-2)18-6-19-42(37)35(47)27-16-14-25(15-17-27)28-20-29(44)22-30(45)21-28/h4-5,8-17,20-22,38,44-45H,3,6-7,18-19,23H2,1-2H3. The Kier molecular flexibility index (Phi) is 9.49. The summed E-state index contributed by atoms with van der Waals surface area (Å²) in [4.78, 5) is 41.4. The van der Waals surface area contributed by atoms with Crippen molar-refractivity contribution in [3.8, 4) is 45.1 Å². The van der Waals surface area contributed by atoms with Crippen LogP contribution in [0.1, 0.15) is 53.3 Å². The van der Waals surface area contributed by atoms with Crippen LogP contribution in [0.25, 0.3) is 33.6 Å². The predicted molar refractivity (Wildman–Crippen MR) is 181 cm³/mol. The number of ether oxygens (including phenoxy) is 1. The lowest BCUT2D eigenvalue weighted by molar-refractivity contribution is -0.154. The van der Waals surface area contributed by atoms with Crippen molar-refractivity contribution < 1.29 is 29.3 Å². The third kappa shape index (κ3) is 6.63. The summed E-state index contributed by atoms with van der Waals surface area (Å²) in [7, 11) is 1.31. The van der Waals surface area contributed by atoms with Gasteiger partial charge in [-0.2, -0.15) is 4.68 Å². The fraction of sp³-hybridized carbons (Fsp3) is 0.243. The van der Waals surface area contributed by atoms with Gasteiger partial charge in [-0.3, -0.25) is 14.9 Å². The lowest BCUT2D eigenvalue weighted by Crippen LogP contribution is -2.62. The monoisotopic (exact) mass is 660 g/mol. The number of carbonyl (C=O) groups is 3. The first-order valence-electron chi connectivity index (χ1n) is 16.0. The molecule has 12 nitrogen and oxygen atoms in total. The zero-order chi connectivity index (χ0) is 34.5. The number of rotatable bonds is 10. The van der Waals surface area contributed by atoms with E-state index in [2.05, 4.69) is 20.8 Å². The molecule has 1 aliphatic heterocycles. The molecule has 5 aromatic rings. The van der Waals surface area contributed by atoms with Gasteiger partial charge in [0.15, 0.2) is 11.5 Å². The zero-order valence-electron chi connectivity index (χ0n) is 27.2. The van der Waals surface area contributed by atoms with Crippen molar-refractivity contribution in [2.45, 2.75) is 44.8 Å². The number of likely N-dealkylation sites (tertiary alicyclic amines) is 1. The molecule has 1 fully saturated rings. The van der Waals surface area contributed by atoms with Crippen molar-refractivity contribution in [3.05, 3.63) is 102 Å². The molecule has 2 heterocycles. The van der Waals surface area contributed by atoms with E-state index >= 15 is 0 Å². The zero-order valence-corrected chi connectivity index (χ0v) is 27.2. The summed E-state index contributed by atoms with van der Waals surface area (Å²) < 4.78 is 6.47. The highest BCUT2D eigenvalue weighted by Crippen LogP contribution is 2.34. The van der Waals surface area contributed by atoms with E-state index in [4.69, 9.17) is 4.74 Å². The van der Waals surface area contributed by atoms with E-state index in [-0.39, 0.29) is 29.9 Å². The number of nitrogens with zero attached hydrogens (tertiary/aromatic N) is 5. The molecule has 1 saturated heterocycles. The Morgan fingerprint density at radius 3 is 2.22 bits per heavy atom. The fourth-order valence-electron chi connectivity index (χ4n) is 6.28. The number of aromatic hydroxyl groups is 2. The van der Waals surface area contributed by atoms with Crippen LogP contribution in [0.15, 0.2) is 91.0 Å². The molecule has 4 aromatic carbocycles. The molecule has 0 saturated carbocycles. The molecule has 0 aliphatic carbocycles. The highest BCUT2D eigenvalue weighted by Gasteiger charge is 2.50. The van der Waals surface area contributed by atoms with Crippen LogP contribution in [0.3, 0.4) is 0 Å². The van der Waals surface area contributed by atoms with Crippen LogP contribution in [0.4, 0.5) is 0 Å². The number of hydrogen-bond acceptors (Lipinski definition) is 10. The Morgan fingerprint density at radius 2 is 1.55 bits per heavy atom. The van der Waals surface area contributed by atoms with Gasteiger partial charge in [0.05, 0.1) is 7.11 Å². The number of phenolic OH excluding ortho intramolecular Hbond substituents is 2. The van der Waals surface area contributed by atoms with Gasteiger partial charge >= 0.3 is 5.97 Å². The molecule has 3 N–H and O–H groups in total. The van der Waals surface area contributed by atoms with Gasteiger partial charge in [0.25, 0.3) is 5.91 Å². The molecule has 1 atom stereocenters. The maximum absolute atomic E-state index is 13.8. The van der Waals surface area contributed by atoms with E-state index in [1.54, 1.807) is 24.3 Å². The average Bonchev–Trinajstić information content (AvgIpc) is 3.79. The minimum Gasteiger partial charge on any atom is -0.508 e. The van der Waals surface area contributed by atoms with E-state index in [1.807, 2.05) is 55.5 Å². The Labute approximate surface area is 283 Å². The normalized spacial score (nSPS) is 15.7. The molecule has 0 bridgehead atoms. The van der Waals surface area contributed by atoms with Gasteiger partial charge in [0.1, 0.15) is 11.5 Å². The van der Waals surface area contributed by atoms with Gasteiger partial charge in [0.2, 0.25) is 5.91 Å². The summed E-state index contributed by atoms with van der Waals surface area (Å²) >= 11 is 0. The van der Waals surface area contributed by atoms with Crippen LogP contribution < -0.4 is 5.32 Å². The molecule has 49 heavy (non-hydrogen) atoms. The van der Waals surface area contributed by atoms with Crippen LogP contribution in [0.5, 0.6) is 11.5 Å². The molecular formula is C37H36N6O6. The maximum atomic E-state index is 13.8. The number of benzene rings is 4. The van der Waals surface area contributed by atoms with Crippen LogP contribution >= 0.6 is 0 Å². The van der Waals surface area contributed by atoms with Crippen molar-refractivity contribution in [2.75, 3.05) is 13.7 Å². The predicted octanol–water partition coefficient (Wildman–Crippen LogP) is 5.42. The SMILES string of the molecule is CCCC(=O)n1nnnc1-c1ccccc1-c1ccc(CNC2(C(=O)OC)CCCN2C(=O)c2ccc(-c3cc(O)cc(O)c3)cc2)cc1. The molecule has 1 amide bonds. The first-order chi connectivity index (χ1) is 23.7. The highest BCUT2D eigenvalue weighted by molar-refractivity contribution is 5.99. The second-order valence-electron chi connectivity index (χ2n) is 11.9. The lowest BCUT2D eigenvalue weighted by Gasteiger charge is -2.37. The third-order valence-corrected chi connectivity index (χ3v) is 8.70. The van der Waals surface area contributed by atoms with E-state index in [0.29, 0.717) is 54.7 Å². The summed E-state index contributed by atoms with van der Waals surface area (Å²) in [5.41, 5.74) is 3.67. The van der Waals surface area contributed by atoms with Gasteiger partial charge in [-0.15, -0.1) is 5.10 Å². The summed E-state index contributed by atoms with van der Waals surface area (Å²) in [5, 5.41) is 34.9. The molecule has 0 radical (unpaired) electrons. The van der Waals surface area contributed by atoms with Gasteiger partial charge in [0, 0.05) is 36.7 Å². The van der Waals surface area contributed by atoms with Gasteiger partial charge in [-0.1, -0.05) is 67.6 Å². The molecule has 6 rings (SSSR count). The molecule has 1 aliphatic rings. The van der Waals surface area contributed by atoms with Crippen molar-refractivity contribution in [3.63, 3.8) is 0 Å². The van der Waals surface area contributed by atoms with Crippen LogP contribution in [-0.4, -0.2) is 72.4 Å². The first-order valence-corrected chi connectivity index (χ1v) is 16.0. The van der Waals surface area contributed by atoms with Gasteiger partial charge in [-0.25, -0.2) is 4.79 Å². The molecule has 0 spiro atoms. The molecule has 1 aromatic heterocycles. The number of amides is 1. The largest absolute Gasteiger partial charge is 0.508 e. The van der Waals surface area contributed by atoms with E-state index in [1.165, 1.54) is 34.9 Å². The van der Waals surface area contributed by atoms with Crippen LogP contribution in [-0.2, 0) is 16.1 Å². The quantitative estimate of drug-likeness (QED) is 0.130. The Balaban J connectivity index is 1.21. The molecule has 12 heteroatoms. The highest BCUT2D eigenvalue weighted by atomic mass is 16.5. The maximum Gasteiger partial charge on any atom is 0.347 e. The van der Waals surface area contributed by atoms with Gasteiger partial charge in [-0.05, 0) is 81.8 Å². The number of nitrogens with one attached hydrogen (secondary N) is 1. The third-order valence-electron chi connectivity index (χ3n) is 8.70. The van der Waals surface area contributed by atoms with Crippen LogP contribution in [0.2, 0.25) is 0 Å². The Morgan fingerprint density at radius 1 is 0.878 bits per heavy atom. The number of methoxy groups -OCH3 is 1. The molecular weight excluding hydrogens is 624 g/mol. The van der Waals surface area contributed by atoms with E-state index < -0.39 is 11.6 Å². The number of aromatic nitrogens is 4. The average molecular weight is 661 g/mol. The lowest BCUT2D eigenvalue weighted by atomic mass is 9.98. The van der Waals surface area contributed by atoms with Crippen molar-refractivity contribution >= 4 is 17.8 Å². The summed E-state index contributed by atoms with van der Waals surface area (Å²) in [6.07, 6.45) is 1.99. The smallest absolute Gasteiger partial charge is 0.347 e. The number of carbonyl (C=O) groups excluding carboxylic acids is 3. The fourth-order valence-corrected chi connectivity index (χ4v) is 6.28. The summed E-state index contributed by atoms with van der Waals surface area (Å²) in [6, 6.07) is 26.5. The summed E-state index contributed by atoms with van der Waals surface area (Å²) in [5.74, 6) is -0.819. The molecule has 1 unspecified atom stereocenters. The second-order valence-corrected chi connectivity index (χ2v) is 11.9. The van der Waals surface area contributed by atoms with Crippen LogP contribution in [0, 0.1) is 0 Å². The Bertz CT molecular complexity index is 1970. The van der Waals surface area contributed by atoms with Crippen molar-refractivity contribution in [2.24, 2.45) is 0 Å². The van der Waals surface area contributed by atoms with Gasteiger partial charge < -0.3 is 19.8 Å². The summed E-state index contributed by atoms with van der Waals surface area (Å²) in [6.45, 7) is 2.57. The van der Waals surface area contributed by atoms with E-state index in [0.717, 1.165) is 22.3 Å². The second kappa shape index (κ2) is 14.1.